The number of rotatable bonds is 4. The Kier molecular flexibility index (Phi) is 5.43. The first-order valence-corrected chi connectivity index (χ1v) is 4.45. The second kappa shape index (κ2) is 5.56. The van der Waals surface area contributed by atoms with Gasteiger partial charge in [0.05, 0.1) is 11.9 Å². The van der Waals surface area contributed by atoms with Crippen LogP contribution in [0.1, 0.15) is 13.8 Å². The Morgan fingerprint density at radius 1 is 1.80 bits per heavy atom. The van der Waals surface area contributed by atoms with Crippen LogP contribution < -0.4 is 11.1 Å². The molecule has 60 valence electrons. The van der Waals surface area contributed by atoms with Crippen molar-refractivity contribution in [3.63, 3.8) is 0 Å². The summed E-state index contributed by atoms with van der Waals surface area (Å²) in [5, 5.41) is 2.60. The van der Waals surface area contributed by atoms with Gasteiger partial charge in [0.15, 0.2) is 0 Å². The van der Waals surface area contributed by atoms with E-state index < -0.39 is 0 Å². The predicted octanol–water partition coefficient (Wildman–Crippen LogP) is 0.160. The van der Waals surface area contributed by atoms with E-state index in [0.29, 0.717) is 5.75 Å². The maximum atomic E-state index is 10.8. The first-order chi connectivity index (χ1) is 4.66. The van der Waals surface area contributed by atoms with Crippen LogP contribution in [0, 0.1) is 0 Å². The highest BCUT2D eigenvalue weighted by atomic mass is 32.2. The molecule has 0 bridgehead atoms. The number of hydrogen-bond donors (Lipinski definition) is 2. The van der Waals surface area contributed by atoms with Crippen LogP contribution in [0.2, 0.25) is 0 Å². The molecule has 3 nitrogen and oxygen atoms in total. The maximum Gasteiger partial charge on any atom is 0.231 e. The van der Waals surface area contributed by atoms with Crippen LogP contribution in [0.15, 0.2) is 0 Å². The number of hydrogen-bond acceptors (Lipinski definition) is 3. The molecular weight excluding hydrogens is 148 g/mol. The van der Waals surface area contributed by atoms with Crippen LogP contribution in [-0.2, 0) is 4.79 Å². The van der Waals surface area contributed by atoms with Gasteiger partial charge in [-0.1, -0.05) is 6.92 Å². The maximum absolute atomic E-state index is 10.8. The molecule has 4 heteroatoms. The fourth-order valence-electron chi connectivity index (χ4n) is 0.490. The molecule has 0 saturated heterocycles. The molecule has 0 saturated carbocycles. The van der Waals surface area contributed by atoms with Crippen molar-refractivity contribution in [2.75, 3.05) is 11.5 Å². The van der Waals surface area contributed by atoms with Gasteiger partial charge in [-0.25, -0.2) is 0 Å². The molecule has 0 radical (unpaired) electrons. The van der Waals surface area contributed by atoms with Crippen LogP contribution in [0.5, 0.6) is 0 Å². The third kappa shape index (κ3) is 5.91. The fourth-order valence-corrected chi connectivity index (χ4v) is 0.963. The minimum atomic E-state index is -0.232. The van der Waals surface area contributed by atoms with Gasteiger partial charge < -0.3 is 11.1 Å². The summed E-state index contributed by atoms with van der Waals surface area (Å²) < 4.78 is 0. The van der Waals surface area contributed by atoms with Crippen molar-refractivity contribution >= 4 is 17.7 Å². The number of carbonyl (C=O) groups excluding carboxylic acids is 1. The minimum Gasteiger partial charge on any atom is -0.341 e. The Labute approximate surface area is 65.7 Å². The van der Waals surface area contributed by atoms with Gasteiger partial charge in [-0.3, -0.25) is 4.79 Å². The lowest BCUT2D eigenvalue weighted by molar-refractivity contribution is -0.119. The Balaban J connectivity index is 3.26. The van der Waals surface area contributed by atoms with E-state index in [1.54, 1.807) is 18.7 Å². The smallest absolute Gasteiger partial charge is 0.231 e. The zero-order valence-corrected chi connectivity index (χ0v) is 7.20. The van der Waals surface area contributed by atoms with Crippen LogP contribution >= 0.6 is 11.8 Å². The van der Waals surface area contributed by atoms with Crippen LogP contribution in [0.25, 0.3) is 0 Å². The summed E-state index contributed by atoms with van der Waals surface area (Å²) in [6.45, 7) is 3.76. The Morgan fingerprint density at radius 2 is 2.40 bits per heavy atom. The van der Waals surface area contributed by atoms with Crippen molar-refractivity contribution in [2.24, 2.45) is 5.73 Å². The van der Waals surface area contributed by atoms with Gasteiger partial charge >= 0.3 is 0 Å². The molecule has 0 aliphatic carbocycles. The standard InChI is InChI=1S/C6H14N2OS/c1-3-10-4-6(9)8-5(2)7/h5H,3-4,7H2,1-2H3,(H,8,9). The average Bonchev–Trinajstić information content (AvgIpc) is 1.82. The first kappa shape index (κ1) is 9.78. The summed E-state index contributed by atoms with van der Waals surface area (Å²) in [5.74, 6) is 1.49. The van der Waals surface area contributed by atoms with Crippen LogP contribution in [0.3, 0.4) is 0 Å². The fraction of sp³-hybridized carbons (Fsp3) is 0.833. The topological polar surface area (TPSA) is 55.1 Å². The van der Waals surface area contributed by atoms with E-state index in [0.717, 1.165) is 5.75 Å². The molecule has 3 N–H and O–H groups in total. The monoisotopic (exact) mass is 162 g/mol. The van der Waals surface area contributed by atoms with E-state index >= 15 is 0 Å². The highest BCUT2D eigenvalue weighted by Gasteiger charge is 2.00. The summed E-state index contributed by atoms with van der Waals surface area (Å²) in [7, 11) is 0. The van der Waals surface area contributed by atoms with Gasteiger partial charge in [0, 0.05) is 0 Å². The first-order valence-electron chi connectivity index (χ1n) is 3.29. The molecule has 0 spiro atoms. The van der Waals surface area contributed by atoms with Crippen LogP contribution in [0.4, 0.5) is 0 Å². The van der Waals surface area contributed by atoms with E-state index in [1.165, 1.54) is 0 Å². The van der Waals surface area contributed by atoms with Crippen molar-refractivity contribution < 1.29 is 4.79 Å². The molecular formula is C6H14N2OS. The molecule has 1 amide bonds. The van der Waals surface area contributed by atoms with Crippen molar-refractivity contribution in [3.05, 3.63) is 0 Å². The summed E-state index contributed by atoms with van der Waals surface area (Å²) in [4.78, 5) is 10.8. The van der Waals surface area contributed by atoms with Gasteiger partial charge in [0.1, 0.15) is 0 Å². The molecule has 0 rings (SSSR count). The zero-order chi connectivity index (χ0) is 7.98. The summed E-state index contributed by atoms with van der Waals surface area (Å²) in [5.41, 5.74) is 5.32. The van der Waals surface area contributed by atoms with Gasteiger partial charge in [-0.05, 0) is 12.7 Å². The SMILES string of the molecule is CCSCC(=O)NC(C)N. The second-order valence-corrected chi connectivity index (χ2v) is 3.27. The summed E-state index contributed by atoms with van der Waals surface area (Å²) >= 11 is 1.59. The van der Waals surface area contributed by atoms with E-state index in [1.807, 2.05) is 6.92 Å². The minimum absolute atomic E-state index is 0.0156. The zero-order valence-electron chi connectivity index (χ0n) is 6.39. The molecule has 1 atom stereocenters. The van der Waals surface area contributed by atoms with Crippen LogP contribution in [-0.4, -0.2) is 23.6 Å². The van der Waals surface area contributed by atoms with E-state index in [2.05, 4.69) is 5.32 Å². The summed E-state index contributed by atoms with van der Waals surface area (Å²) in [6.07, 6.45) is -0.232. The lowest BCUT2D eigenvalue weighted by Gasteiger charge is -2.06. The molecule has 1 unspecified atom stereocenters. The third-order valence-corrected chi connectivity index (χ3v) is 1.70. The quantitative estimate of drug-likeness (QED) is 0.579. The predicted molar refractivity (Wildman–Crippen MR) is 44.8 cm³/mol. The highest BCUT2D eigenvalue weighted by molar-refractivity contribution is 7.99. The Bertz CT molecular complexity index is 106. The Morgan fingerprint density at radius 3 is 2.80 bits per heavy atom. The van der Waals surface area contributed by atoms with E-state index in [4.69, 9.17) is 5.73 Å². The summed E-state index contributed by atoms with van der Waals surface area (Å²) in [6, 6.07) is 0. The molecule has 0 aliphatic heterocycles. The molecule has 0 aromatic carbocycles. The molecule has 0 aromatic heterocycles. The Hall–Kier alpha value is -0.220. The van der Waals surface area contributed by atoms with Crippen molar-refractivity contribution in [2.45, 2.75) is 20.0 Å². The van der Waals surface area contributed by atoms with Gasteiger partial charge in [-0.15, -0.1) is 0 Å². The highest BCUT2D eigenvalue weighted by Crippen LogP contribution is 1.96. The molecule has 10 heavy (non-hydrogen) atoms. The number of nitrogens with one attached hydrogen (secondary N) is 1. The lowest BCUT2D eigenvalue weighted by atomic mass is 10.5. The third-order valence-electron chi connectivity index (χ3n) is 0.826. The number of amides is 1. The molecule has 0 aliphatic rings. The molecule has 0 fully saturated rings. The van der Waals surface area contributed by atoms with E-state index in [9.17, 15) is 4.79 Å². The van der Waals surface area contributed by atoms with Crippen molar-refractivity contribution in [3.8, 4) is 0 Å². The second-order valence-electron chi connectivity index (χ2n) is 1.99. The number of carbonyl (C=O) groups is 1. The lowest BCUT2D eigenvalue weighted by Crippen LogP contribution is -2.39. The van der Waals surface area contributed by atoms with E-state index in [-0.39, 0.29) is 12.1 Å². The number of nitrogens with two attached hydrogens (primary N) is 1. The van der Waals surface area contributed by atoms with Gasteiger partial charge in [0.25, 0.3) is 0 Å². The van der Waals surface area contributed by atoms with Crippen molar-refractivity contribution in [1.82, 2.24) is 5.32 Å². The molecule has 0 aromatic rings. The average molecular weight is 162 g/mol. The van der Waals surface area contributed by atoms with Crippen molar-refractivity contribution in [1.29, 1.82) is 0 Å². The van der Waals surface area contributed by atoms with Gasteiger partial charge in [-0.2, -0.15) is 11.8 Å². The largest absolute Gasteiger partial charge is 0.341 e. The number of thioether (sulfide) groups is 1. The van der Waals surface area contributed by atoms with Gasteiger partial charge in [0.2, 0.25) is 5.91 Å². The normalized spacial score (nSPS) is 12.7. The molecule has 0 heterocycles.